The van der Waals surface area contributed by atoms with Crippen molar-refractivity contribution in [2.24, 2.45) is 11.8 Å². The molecular weight excluding hydrogens is 262 g/mol. The number of thioether (sulfide) groups is 1. The summed E-state index contributed by atoms with van der Waals surface area (Å²) in [4.78, 5) is 11.0. The highest BCUT2D eigenvalue weighted by atomic mass is 32.2. The highest BCUT2D eigenvalue weighted by molar-refractivity contribution is 7.99. The van der Waals surface area contributed by atoms with Crippen LogP contribution in [0.5, 0.6) is 0 Å². The molecule has 0 radical (unpaired) electrons. The Hall–Kier alpha value is -1.04. The normalized spacial score (nSPS) is 26.9. The summed E-state index contributed by atoms with van der Waals surface area (Å²) in [6.45, 7) is 0.758. The number of carboxylic acid groups (broad SMARTS) is 1. The molecule has 2 aliphatic rings. The zero-order chi connectivity index (χ0) is 13.2. The summed E-state index contributed by atoms with van der Waals surface area (Å²) in [5.41, 5.74) is 0. The Morgan fingerprint density at radius 1 is 1.42 bits per heavy atom. The van der Waals surface area contributed by atoms with Crippen LogP contribution in [0, 0.1) is 11.8 Å². The van der Waals surface area contributed by atoms with Crippen LogP contribution < -0.4 is 0 Å². The van der Waals surface area contributed by atoms with E-state index < -0.39 is 5.97 Å². The van der Waals surface area contributed by atoms with E-state index in [2.05, 4.69) is 14.8 Å². The van der Waals surface area contributed by atoms with E-state index in [1.165, 1.54) is 24.3 Å². The molecule has 2 aliphatic heterocycles. The highest BCUT2D eigenvalue weighted by Crippen LogP contribution is 2.27. The first-order chi connectivity index (χ1) is 9.24. The van der Waals surface area contributed by atoms with E-state index in [0.29, 0.717) is 18.8 Å². The van der Waals surface area contributed by atoms with Crippen LogP contribution in [-0.2, 0) is 24.2 Å². The Bertz CT molecular complexity index is 468. The van der Waals surface area contributed by atoms with Gasteiger partial charge < -0.3 is 9.67 Å². The summed E-state index contributed by atoms with van der Waals surface area (Å²) in [6, 6.07) is 0. The van der Waals surface area contributed by atoms with Crippen molar-refractivity contribution in [1.82, 2.24) is 14.8 Å². The number of nitrogens with zero attached hydrogens (tertiary/aromatic N) is 3. The lowest BCUT2D eigenvalue weighted by molar-refractivity contribution is -0.142. The molecule has 6 heteroatoms. The maximum atomic E-state index is 11.0. The van der Waals surface area contributed by atoms with Gasteiger partial charge in [-0.25, -0.2) is 0 Å². The average molecular weight is 281 g/mol. The molecule has 0 saturated carbocycles. The van der Waals surface area contributed by atoms with Gasteiger partial charge in [0.25, 0.3) is 0 Å². The van der Waals surface area contributed by atoms with E-state index in [4.69, 9.17) is 5.11 Å². The number of aromatic nitrogens is 3. The van der Waals surface area contributed by atoms with Crippen molar-refractivity contribution < 1.29 is 9.90 Å². The number of hydrogen-bond donors (Lipinski definition) is 1. The van der Waals surface area contributed by atoms with Gasteiger partial charge in [0.1, 0.15) is 11.6 Å². The molecule has 1 aromatic heterocycles. The van der Waals surface area contributed by atoms with Crippen molar-refractivity contribution in [1.29, 1.82) is 0 Å². The summed E-state index contributed by atoms with van der Waals surface area (Å²) in [5, 5.41) is 17.6. The number of aliphatic carboxylic acids is 1. The molecule has 0 bridgehead atoms. The van der Waals surface area contributed by atoms with Gasteiger partial charge in [0, 0.05) is 19.4 Å². The predicted octanol–water partition coefficient (Wildman–Crippen LogP) is 1.61. The van der Waals surface area contributed by atoms with Gasteiger partial charge in [-0.05, 0) is 36.7 Å². The average Bonchev–Trinajstić information content (AvgIpc) is 2.82. The number of rotatable bonds is 3. The predicted molar refractivity (Wildman–Crippen MR) is 73.2 cm³/mol. The molecule has 2 unspecified atom stereocenters. The van der Waals surface area contributed by atoms with E-state index in [9.17, 15) is 4.79 Å². The van der Waals surface area contributed by atoms with E-state index in [0.717, 1.165) is 24.6 Å². The van der Waals surface area contributed by atoms with Gasteiger partial charge >= 0.3 is 5.97 Å². The van der Waals surface area contributed by atoms with Gasteiger partial charge in [-0.2, -0.15) is 11.8 Å². The molecule has 5 nitrogen and oxygen atoms in total. The molecule has 2 atom stereocenters. The van der Waals surface area contributed by atoms with Gasteiger partial charge in [0.15, 0.2) is 0 Å². The molecule has 0 amide bonds. The Labute approximate surface area is 116 Å². The molecule has 3 rings (SSSR count). The molecule has 3 heterocycles. The number of carboxylic acids is 1. The number of fused-ring (bicyclic) bond motifs is 1. The fraction of sp³-hybridized carbons (Fsp3) is 0.769. The molecule has 0 aliphatic carbocycles. The second kappa shape index (κ2) is 5.53. The fourth-order valence-corrected chi connectivity index (χ4v) is 4.13. The van der Waals surface area contributed by atoms with E-state index >= 15 is 0 Å². The third kappa shape index (κ3) is 2.78. The van der Waals surface area contributed by atoms with E-state index in [-0.39, 0.29) is 5.92 Å². The standard InChI is InChI=1S/C13H19N3O2S/c17-13(18)10-3-4-16-11(14-15-12(16)7-10)6-9-2-1-5-19-8-9/h9-10H,1-8H2,(H,17,18). The summed E-state index contributed by atoms with van der Waals surface area (Å²) in [6.07, 6.45) is 4.82. The Kier molecular flexibility index (Phi) is 3.77. The lowest BCUT2D eigenvalue weighted by Gasteiger charge is -2.23. The maximum absolute atomic E-state index is 11.0. The van der Waals surface area contributed by atoms with E-state index in [1.807, 2.05) is 11.8 Å². The highest BCUT2D eigenvalue weighted by Gasteiger charge is 2.28. The molecule has 1 N–H and O–H groups in total. The van der Waals surface area contributed by atoms with Gasteiger partial charge in [-0.1, -0.05) is 0 Å². The van der Waals surface area contributed by atoms with Gasteiger partial charge in [0.05, 0.1) is 5.92 Å². The van der Waals surface area contributed by atoms with Crippen molar-refractivity contribution in [3.63, 3.8) is 0 Å². The molecule has 0 aromatic carbocycles. The number of carbonyl (C=O) groups is 1. The topological polar surface area (TPSA) is 68.0 Å². The lowest BCUT2D eigenvalue weighted by Crippen LogP contribution is -2.27. The van der Waals surface area contributed by atoms with Crippen LogP contribution in [0.2, 0.25) is 0 Å². The third-order valence-electron chi connectivity index (χ3n) is 4.11. The van der Waals surface area contributed by atoms with E-state index in [1.54, 1.807) is 0 Å². The van der Waals surface area contributed by atoms with Gasteiger partial charge in [0.2, 0.25) is 0 Å². The quantitative estimate of drug-likeness (QED) is 0.911. The maximum Gasteiger partial charge on any atom is 0.307 e. The zero-order valence-corrected chi connectivity index (χ0v) is 11.7. The first kappa shape index (κ1) is 13.0. The summed E-state index contributed by atoms with van der Waals surface area (Å²) in [5.74, 6) is 4.15. The van der Waals surface area contributed by atoms with Gasteiger partial charge in [-0.15, -0.1) is 10.2 Å². The van der Waals surface area contributed by atoms with Crippen LogP contribution >= 0.6 is 11.8 Å². The van der Waals surface area contributed by atoms with Crippen LogP contribution in [0.15, 0.2) is 0 Å². The Morgan fingerprint density at radius 2 is 2.32 bits per heavy atom. The summed E-state index contributed by atoms with van der Waals surface area (Å²) in [7, 11) is 0. The fourth-order valence-electron chi connectivity index (χ4n) is 2.98. The SMILES string of the molecule is O=C(O)C1CCn2c(CC3CCCSC3)nnc2C1. The summed E-state index contributed by atoms with van der Waals surface area (Å²) < 4.78 is 2.15. The van der Waals surface area contributed by atoms with Crippen LogP contribution in [-0.4, -0.2) is 37.3 Å². The third-order valence-corrected chi connectivity index (χ3v) is 5.39. The molecule has 0 spiro atoms. The molecule has 1 fully saturated rings. The second-order valence-corrected chi connectivity index (χ2v) is 6.65. The Balaban J connectivity index is 1.70. The van der Waals surface area contributed by atoms with Crippen molar-refractivity contribution >= 4 is 17.7 Å². The second-order valence-electron chi connectivity index (χ2n) is 5.50. The molecule has 19 heavy (non-hydrogen) atoms. The van der Waals surface area contributed by atoms with Crippen molar-refractivity contribution in [3.05, 3.63) is 11.6 Å². The first-order valence-corrected chi connectivity index (χ1v) is 8.11. The molecule has 104 valence electrons. The first-order valence-electron chi connectivity index (χ1n) is 6.95. The van der Waals surface area contributed by atoms with Crippen LogP contribution in [0.4, 0.5) is 0 Å². The van der Waals surface area contributed by atoms with Crippen molar-refractivity contribution in [2.45, 2.75) is 38.6 Å². The van der Waals surface area contributed by atoms with Gasteiger partial charge in [-0.3, -0.25) is 4.79 Å². The Morgan fingerprint density at radius 3 is 3.05 bits per heavy atom. The van der Waals surface area contributed by atoms with Crippen molar-refractivity contribution in [3.8, 4) is 0 Å². The minimum absolute atomic E-state index is 0.283. The zero-order valence-electron chi connectivity index (χ0n) is 10.9. The van der Waals surface area contributed by atoms with Crippen LogP contribution in [0.3, 0.4) is 0 Å². The molecule has 1 saturated heterocycles. The minimum Gasteiger partial charge on any atom is -0.481 e. The number of hydrogen-bond acceptors (Lipinski definition) is 4. The smallest absolute Gasteiger partial charge is 0.307 e. The molecular formula is C13H19N3O2S. The minimum atomic E-state index is -0.709. The van der Waals surface area contributed by atoms with Crippen molar-refractivity contribution in [2.75, 3.05) is 11.5 Å². The largest absolute Gasteiger partial charge is 0.481 e. The molecule has 1 aromatic rings. The lowest BCUT2D eigenvalue weighted by atomic mass is 9.97. The van der Waals surface area contributed by atoms with Crippen LogP contribution in [0.1, 0.15) is 30.9 Å². The summed E-state index contributed by atoms with van der Waals surface area (Å²) >= 11 is 2.03. The van der Waals surface area contributed by atoms with Crippen LogP contribution in [0.25, 0.3) is 0 Å². The monoisotopic (exact) mass is 281 g/mol.